The number of benzene rings is 1. The Morgan fingerprint density at radius 2 is 1.81 bits per heavy atom. The van der Waals surface area contributed by atoms with E-state index in [-0.39, 0.29) is 5.92 Å². The molecule has 2 N–H and O–H groups in total. The van der Waals surface area contributed by atoms with Gasteiger partial charge in [0.25, 0.3) is 0 Å². The molecule has 0 saturated carbocycles. The topological polar surface area (TPSA) is 87.4 Å². The molecule has 0 amide bonds. The number of hydrogen-bond donors (Lipinski definition) is 1. The van der Waals surface area contributed by atoms with Gasteiger partial charge in [-0.15, -0.1) is 15.0 Å². The molecule has 7 nitrogen and oxygen atoms in total. The highest BCUT2D eigenvalue weighted by Gasteiger charge is 2.19. The van der Waals surface area contributed by atoms with E-state index in [0.717, 1.165) is 11.3 Å². The van der Waals surface area contributed by atoms with Crippen LogP contribution in [0.3, 0.4) is 0 Å². The van der Waals surface area contributed by atoms with Gasteiger partial charge in [0.15, 0.2) is 5.82 Å². The van der Waals surface area contributed by atoms with Crippen LogP contribution in [0, 0.1) is 0 Å². The maximum Gasteiger partial charge on any atom is 0.205 e. The molecule has 2 aromatic heterocycles. The van der Waals surface area contributed by atoms with Gasteiger partial charge in [0.1, 0.15) is 5.69 Å². The van der Waals surface area contributed by atoms with Crippen molar-refractivity contribution in [1.82, 2.24) is 30.0 Å². The van der Waals surface area contributed by atoms with E-state index in [1.54, 1.807) is 4.68 Å². The van der Waals surface area contributed by atoms with Gasteiger partial charge in [0.05, 0.1) is 5.69 Å². The molecule has 0 spiro atoms. The summed E-state index contributed by atoms with van der Waals surface area (Å²) in [5, 5.41) is 17.0. The van der Waals surface area contributed by atoms with Crippen molar-refractivity contribution >= 4 is 5.69 Å². The lowest BCUT2D eigenvalue weighted by molar-refractivity contribution is 0.628. The number of nitrogens with zero attached hydrogens (tertiary/aromatic N) is 6. The lowest BCUT2D eigenvalue weighted by atomic mass is 10.1. The second-order valence-corrected chi connectivity index (χ2v) is 5.17. The molecule has 0 bridgehead atoms. The molecular weight excluding hydrogens is 266 g/mol. The SMILES string of the molecule is CC(C)c1nn(C)c(-n2nnc(-c3ccccc3)n2)c1N. The fourth-order valence-electron chi connectivity index (χ4n) is 2.22. The molecule has 108 valence electrons. The number of tetrazole rings is 1. The number of aromatic nitrogens is 6. The van der Waals surface area contributed by atoms with Gasteiger partial charge in [-0.05, 0) is 11.1 Å². The standard InChI is InChI=1S/C14H17N7/c1-9(2)12-11(15)14(20(3)17-12)21-18-13(16-19-21)10-7-5-4-6-8-10/h4-9H,15H2,1-3H3. The van der Waals surface area contributed by atoms with Crippen molar-refractivity contribution in [3.63, 3.8) is 0 Å². The van der Waals surface area contributed by atoms with E-state index in [1.165, 1.54) is 4.80 Å². The van der Waals surface area contributed by atoms with Gasteiger partial charge < -0.3 is 5.73 Å². The van der Waals surface area contributed by atoms with Crippen molar-refractivity contribution in [2.24, 2.45) is 7.05 Å². The lowest BCUT2D eigenvalue weighted by Gasteiger charge is -2.01. The molecule has 0 aliphatic rings. The second-order valence-electron chi connectivity index (χ2n) is 5.17. The predicted octanol–water partition coefficient (Wildman–Crippen LogP) is 1.77. The fraction of sp³-hybridized carbons (Fsp3) is 0.286. The summed E-state index contributed by atoms with van der Waals surface area (Å²) < 4.78 is 1.68. The summed E-state index contributed by atoms with van der Waals surface area (Å²) in [6.07, 6.45) is 0. The van der Waals surface area contributed by atoms with Crippen LogP contribution in [-0.4, -0.2) is 30.0 Å². The van der Waals surface area contributed by atoms with E-state index in [4.69, 9.17) is 5.73 Å². The summed E-state index contributed by atoms with van der Waals surface area (Å²) in [4.78, 5) is 1.43. The Hall–Kier alpha value is -2.70. The molecule has 0 fully saturated rings. The van der Waals surface area contributed by atoms with Crippen LogP contribution in [0.15, 0.2) is 30.3 Å². The molecule has 7 heteroatoms. The van der Waals surface area contributed by atoms with Crippen LogP contribution in [0.1, 0.15) is 25.5 Å². The largest absolute Gasteiger partial charge is 0.394 e. The van der Waals surface area contributed by atoms with E-state index < -0.39 is 0 Å². The van der Waals surface area contributed by atoms with Gasteiger partial charge in [-0.3, -0.25) is 0 Å². The third-order valence-electron chi connectivity index (χ3n) is 3.26. The molecule has 21 heavy (non-hydrogen) atoms. The Morgan fingerprint density at radius 1 is 1.10 bits per heavy atom. The summed E-state index contributed by atoms with van der Waals surface area (Å²) in [6, 6.07) is 9.69. The van der Waals surface area contributed by atoms with Crippen molar-refractivity contribution in [3.8, 4) is 17.2 Å². The van der Waals surface area contributed by atoms with Crippen molar-refractivity contribution in [2.75, 3.05) is 5.73 Å². The van der Waals surface area contributed by atoms with Crippen molar-refractivity contribution in [3.05, 3.63) is 36.0 Å². The molecule has 0 atom stereocenters. The van der Waals surface area contributed by atoms with Crippen LogP contribution in [0.2, 0.25) is 0 Å². The molecule has 3 rings (SSSR count). The van der Waals surface area contributed by atoms with Crippen LogP contribution in [0.25, 0.3) is 17.2 Å². The molecule has 0 radical (unpaired) electrons. The summed E-state index contributed by atoms with van der Waals surface area (Å²) >= 11 is 0. The summed E-state index contributed by atoms with van der Waals surface area (Å²) in [5.74, 6) is 1.43. The molecule has 2 heterocycles. The van der Waals surface area contributed by atoms with E-state index >= 15 is 0 Å². The number of nitrogens with two attached hydrogens (primary N) is 1. The van der Waals surface area contributed by atoms with Gasteiger partial charge in [-0.1, -0.05) is 44.2 Å². The average molecular weight is 283 g/mol. The van der Waals surface area contributed by atoms with Crippen molar-refractivity contribution in [2.45, 2.75) is 19.8 Å². The normalized spacial score (nSPS) is 11.2. The third kappa shape index (κ3) is 2.26. The molecule has 1 aromatic carbocycles. The van der Waals surface area contributed by atoms with Gasteiger partial charge in [0.2, 0.25) is 5.82 Å². The van der Waals surface area contributed by atoms with Crippen LogP contribution in [0.5, 0.6) is 0 Å². The minimum atomic E-state index is 0.238. The van der Waals surface area contributed by atoms with Crippen LogP contribution < -0.4 is 5.73 Å². The average Bonchev–Trinajstić information content (AvgIpc) is 3.05. The predicted molar refractivity (Wildman–Crippen MR) is 79.9 cm³/mol. The highest BCUT2D eigenvalue weighted by Crippen LogP contribution is 2.26. The molecule has 0 aliphatic heterocycles. The zero-order chi connectivity index (χ0) is 15.0. The lowest BCUT2D eigenvalue weighted by Crippen LogP contribution is -2.08. The smallest absolute Gasteiger partial charge is 0.205 e. The summed E-state index contributed by atoms with van der Waals surface area (Å²) in [7, 11) is 1.82. The Labute approximate surface area is 122 Å². The summed E-state index contributed by atoms with van der Waals surface area (Å²) in [6.45, 7) is 4.10. The third-order valence-corrected chi connectivity index (χ3v) is 3.26. The first kappa shape index (κ1) is 13.3. The van der Waals surface area contributed by atoms with Gasteiger partial charge in [-0.25, -0.2) is 4.68 Å². The monoisotopic (exact) mass is 283 g/mol. The number of rotatable bonds is 3. The first-order chi connectivity index (χ1) is 10.1. The van der Waals surface area contributed by atoms with Crippen LogP contribution >= 0.6 is 0 Å². The van der Waals surface area contributed by atoms with Crippen LogP contribution in [-0.2, 0) is 7.05 Å². The zero-order valence-corrected chi connectivity index (χ0v) is 12.2. The van der Waals surface area contributed by atoms with E-state index in [9.17, 15) is 0 Å². The second kappa shape index (κ2) is 5.01. The number of nitrogen functional groups attached to an aromatic ring is 1. The van der Waals surface area contributed by atoms with E-state index in [2.05, 4.69) is 20.5 Å². The van der Waals surface area contributed by atoms with Crippen LogP contribution in [0.4, 0.5) is 5.69 Å². The number of anilines is 1. The fourth-order valence-corrected chi connectivity index (χ4v) is 2.22. The summed E-state index contributed by atoms with van der Waals surface area (Å²) in [5.41, 5.74) is 8.51. The zero-order valence-electron chi connectivity index (χ0n) is 12.2. The number of aryl methyl sites for hydroxylation is 1. The Balaban J connectivity index is 2.05. The minimum Gasteiger partial charge on any atom is -0.394 e. The molecular formula is C14H17N7. The highest BCUT2D eigenvalue weighted by atomic mass is 15.6. The molecule has 0 saturated heterocycles. The Bertz CT molecular complexity index is 755. The maximum absolute atomic E-state index is 6.17. The first-order valence-electron chi connectivity index (χ1n) is 6.76. The first-order valence-corrected chi connectivity index (χ1v) is 6.76. The molecule has 0 unspecified atom stereocenters. The minimum absolute atomic E-state index is 0.238. The molecule has 0 aliphatic carbocycles. The van der Waals surface area contributed by atoms with Gasteiger partial charge >= 0.3 is 0 Å². The van der Waals surface area contributed by atoms with Gasteiger partial charge in [-0.2, -0.15) is 5.10 Å². The van der Waals surface area contributed by atoms with Gasteiger partial charge in [0, 0.05) is 12.6 Å². The Kier molecular flexibility index (Phi) is 3.17. The Morgan fingerprint density at radius 3 is 2.43 bits per heavy atom. The maximum atomic E-state index is 6.17. The van der Waals surface area contributed by atoms with E-state index in [1.807, 2.05) is 51.2 Å². The quantitative estimate of drug-likeness (QED) is 0.791. The van der Waals surface area contributed by atoms with E-state index in [0.29, 0.717) is 17.3 Å². The molecule has 3 aromatic rings. The van der Waals surface area contributed by atoms with Crippen molar-refractivity contribution < 1.29 is 0 Å². The number of hydrogen-bond acceptors (Lipinski definition) is 5. The highest BCUT2D eigenvalue weighted by molar-refractivity contribution is 5.59. The van der Waals surface area contributed by atoms with Crippen molar-refractivity contribution in [1.29, 1.82) is 0 Å².